The highest BCUT2D eigenvalue weighted by Crippen LogP contribution is 2.21. The molecule has 1 heterocycles. The van der Waals surface area contributed by atoms with Crippen molar-refractivity contribution in [3.63, 3.8) is 0 Å². The van der Waals surface area contributed by atoms with E-state index in [-0.39, 0.29) is 23.8 Å². The maximum Gasteiger partial charge on any atom is 0.229 e. The third-order valence-corrected chi connectivity index (χ3v) is 5.54. The number of anilines is 1. The SMILES string of the molecule is CC(C(=O)Nc1cccc(CC(=O)N2CCN(C)CC2)c1)C(N)c1ccccc1. The smallest absolute Gasteiger partial charge is 0.229 e. The number of hydrogen-bond donors (Lipinski definition) is 2. The lowest BCUT2D eigenvalue weighted by atomic mass is 9.94. The first kappa shape index (κ1) is 21.0. The average molecular weight is 395 g/mol. The number of nitrogens with zero attached hydrogens (tertiary/aromatic N) is 2. The van der Waals surface area contributed by atoms with Crippen LogP contribution in [-0.2, 0) is 16.0 Å². The van der Waals surface area contributed by atoms with Crippen molar-refractivity contribution in [1.82, 2.24) is 9.80 Å². The van der Waals surface area contributed by atoms with Gasteiger partial charge in [-0.15, -0.1) is 0 Å². The first-order chi connectivity index (χ1) is 13.9. The van der Waals surface area contributed by atoms with Crippen LogP contribution in [0, 0.1) is 5.92 Å². The number of nitrogens with two attached hydrogens (primary N) is 1. The van der Waals surface area contributed by atoms with Crippen LogP contribution < -0.4 is 11.1 Å². The van der Waals surface area contributed by atoms with Gasteiger partial charge in [0.1, 0.15) is 0 Å². The topological polar surface area (TPSA) is 78.7 Å². The summed E-state index contributed by atoms with van der Waals surface area (Å²) in [5, 5.41) is 2.94. The fourth-order valence-electron chi connectivity index (χ4n) is 3.48. The molecule has 0 radical (unpaired) electrons. The van der Waals surface area contributed by atoms with Crippen molar-refractivity contribution in [3.05, 3.63) is 65.7 Å². The van der Waals surface area contributed by atoms with Gasteiger partial charge in [0.25, 0.3) is 0 Å². The first-order valence-electron chi connectivity index (χ1n) is 10.1. The maximum absolute atomic E-state index is 12.7. The summed E-state index contributed by atoms with van der Waals surface area (Å²) in [5.41, 5.74) is 8.78. The zero-order valence-electron chi connectivity index (χ0n) is 17.2. The van der Waals surface area contributed by atoms with E-state index in [0.29, 0.717) is 12.1 Å². The van der Waals surface area contributed by atoms with Gasteiger partial charge in [-0.25, -0.2) is 0 Å². The summed E-state index contributed by atoms with van der Waals surface area (Å²) in [7, 11) is 2.07. The molecule has 1 aliphatic rings. The number of nitrogens with one attached hydrogen (secondary N) is 1. The molecule has 2 amide bonds. The first-order valence-corrected chi connectivity index (χ1v) is 10.1. The third-order valence-electron chi connectivity index (χ3n) is 5.54. The number of carbonyl (C=O) groups excluding carboxylic acids is 2. The van der Waals surface area contributed by atoms with Crippen molar-refractivity contribution >= 4 is 17.5 Å². The van der Waals surface area contributed by atoms with Gasteiger partial charge >= 0.3 is 0 Å². The van der Waals surface area contributed by atoms with Crippen molar-refractivity contribution in [1.29, 1.82) is 0 Å². The number of carbonyl (C=O) groups is 2. The lowest BCUT2D eigenvalue weighted by molar-refractivity contribution is -0.132. The minimum atomic E-state index is -0.381. The van der Waals surface area contributed by atoms with Gasteiger partial charge in [0.2, 0.25) is 11.8 Å². The summed E-state index contributed by atoms with van der Waals surface area (Å²) in [6.07, 6.45) is 0.340. The Hall–Kier alpha value is -2.70. The second-order valence-corrected chi connectivity index (χ2v) is 7.78. The highest BCUT2D eigenvalue weighted by Gasteiger charge is 2.23. The van der Waals surface area contributed by atoms with E-state index in [1.165, 1.54) is 0 Å². The van der Waals surface area contributed by atoms with Gasteiger partial charge in [0.15, 0.2) is 0 Å². The molecule has 0 saturated carbocycles. The van der Waals surface area contributed by atoms with E-state index in [4.69, 9.17) is 5.73 Å². The Balaban J connectivity index is 1.59. The zero-order valence-corrected chi connectivity index (χ0v) is 17.2. The highest BCUT2D eigenvalue weighted by atomic mass is 16.2. The summed E-state index contributed by atoms with van der Waals surface area (Å²) in [6, 6.07) is 16.7. The molecule has 3 rings (SSSR count). The average Bonchev–Trinajstić information content (AvgIpc) is 2.74. The molecule has 154 valence electrons. The number of benzene rings is 2. The normalized spacial score (nSPS) is 16.9. The monoisotopic (exact) mass is 394 g/mol. The largest absolute Gasteiger partial charge is 0.340 e. The van der Waals surface area contributed by atoms with E-state index < -0.39 is 0 Å². The molecule has 0 spiro atoms. The van der Waals surface area contributed by atoms with Gasteiger partial charge in [0, 0.05) is 37.9 Å². The predicted octanol–water partition coefficient (Wildman–Crippen LogP) is 2.28. The van der Waals surface area contributed by atoms with Crippen LogP contribution in [0.4, 0.5) is 5.69 Å². The lowest BCUT2D eigenvalue weighted by Crippen LogP contribution is -2.47. The number of likely N-dealkylation sites (N-methyl/N-ethyl adjacent to an activating group) is 1. The molecular formula is C23H30N4O2. The van der Waals surface area contributed by atoms with E-state index >= 15 is 0 Å². The van der Waals surface area contributed by atoms with Crippen molar-refractivity contribution in [2.45, 2.75) is 19.4 Å². The maximum atomic E-state index is 12.7. The molecule has 6 nitrogen and oxygen atoms in total. The van der Waals surface area contributed by atoms with Crippen LogP contribution in [0.25, 0.3) is 0 Å². The number of hydrogen-bond acceptors (Lipinski definition) is 4. The van der Waals surface area contributed by atoms with Gasteiger partial charge in [-0.1, -0.05) is 49.4 Å². The van der Waals surface area contributed by atoms with Crippen LogP contribution in [0.1, 0.15) is 24.1 Å². The van der Waals surface area contributed by atoms with Gasteiger partial charge in [-0.05, 0) is 30.3 Å². The molecule has 2 aromatic carbocycles. The van der Waals surface area contributed by atoms with Crippen LogP contribution in [-0.4, -0.2) is 54.8 Å². The Bertz CT molecular complexity index is 832. The Kier molecular flexibility index (Phi) is 7.01. The quantitative estimate of drug-likeness (QED) is 0.788. The van der Waals surface area contributed by atoms with Crippen LogP contribution in [0.2, 0.25) is 0 Å². The Morgan fingerprint density at radius 2 is 1.72 bits per heavy atom. The van der Waals surface area contributed by atoms with E-state index in [1.54, 1.807) is 0 Å². The zero-order chi connectivity index (χ0) is 20.8. The molecule has 0 bridgehead atoms. The molecule has 29 heavy (non-hydrogen) atoms. The third kappa shape index (κ3) is 5.65. The van der Waals surface area contributed by atoms with E-state index in [2.05, 4.69) is 17.3 Å². The van der Waals surface area contributed by atoms with Crippen molar-refractivity contribution < 1.29 is 9.59 Å². The molecule has 3 N–H and O–H groups in total. The minimum absolute atomic E-state index is 0.126. The van der Waals surface area contributed by atoms with Crippen LogP contribution in [0.3, 0.4) is 0 Å². The van der Waals surface area contributed by atoms with Gasteiger partial charge < -0.3 is 20.9 Å². The minimum Gasteiger partial charge on any atom is -0.340 e. The molecule has 1 aliphatic heterocycles. The van der Waals surface area contributed by atoms with Crippen LogP contribution in [0.5, 0.6) is 0 Å². The van der Waals surface area contributed by atoms with Gasteiger partial charge in [-0.3, -0.25) is 9.59 Å². The van der Waals surface area contributed by atoms with Crippen molar-refractivity contribution in [3.8, 4) is 0 Å². The highest BCUT2D eigenvalue weighted by molar-refractivity contribution is 5.93. The molecule has 2 atom stereocenters. The summed E-state index contributed by atoms with van der Waals surface area (Å²) in [6.45, 7) is 5.16. The Morgan fingerprint density at radius 3 is 2.41 bits per heavy atom. The second-order valence-electron chi connectivity index (χ2n) is 7.78. The van der Waals surface area contributed by atoms with E-state index in [1.807, 2.05) is 66.4 Å². The molecular weight excluding hydrogens is 364 g/mol. The van der Waals surface area contributed by atoms with E-state index in [9.17, 15) is 9.59 Å². The summed E-state index contributed by atoms with van der Waals surface area (Å²) in [4.78, 5) is 29.4. The molecule has 6 heteroatoms. The molecule has 1 fully saturated rings. The Labute approximate surface area is 172 Å². The second kappa shape index (κ2) is 9.67. The summed E-state index contributed by atoms with van der Waals surface area (Å²) in [5.74, 6) is -0.391. The van der Waals surface area contributed by atoms with Crippen LogP contribution in [0.15, 0.2) is 54.6 Å². The van der Waals surface area contributed by atoms with Gasteiger partial charge in [0.05, 0.1) is 12.3 Å². The fourth-order valence-corrected chi connectivity index (χ4v) is 3.48. The summed E-state index contributed by atoms with van der Waals surface area (Å²) >= 11 is 0. The van der Waals surface area contributed by atoms with Crippen LogP contribution >= 0.6 is 0 Å². The predicted molar refractivity (Wildman–Crippen MR) is 115 cm³/mol. The van der Waals surface area contributed by atoms with Crippen molar-refractivity contribution in [2.24, 2.45) is 11.7 Å². The Morgan fingerprint density at radius 1 is 1.03 bits per heavy atom. The fraction of sp³-hybridized carbons (Fsp3) is 0.391. The number of rotatable bonds is 6. The molecule has 2 aromatic rings. The van der Waals surface area contributed by atoms with Gasteiger partial charge in [-0.2, -0.15) is 0 Å². The summed E-state index contributed by atoms with van der Waals surface area (Å²) < 4.78 is 0. The number of amides is 2. The number of piperazine rings is 1. The molecule has 2 unspecified atom stereocenters. The van der Waals surface area contributed by atoms with Crippen molar-refractivity contribution in [2.75, 3.05) is 38.5 Å². The molecule has 0 aromatic heterocycles. The lowest BCUT2D eigenvalue weighted by Gasteiger charge is -2.32. The molecule has 0 aliphatic carbocycles. The standard InChI is InChI=1S/C23H30N4O2/c1-17(22(24)19-8-4-3-5-9-19)23(29)25-20-10-6-7-18(15-20)16-21(28)27-13-11-26(2)12-14-27/h3-10,15,17,22H,11-14,16,24H2,1-2H3,(H,25,29). The molecule has 1 saturated heterocycles. The van der Waals surface area contributed by atoms with E-state index in [0.717, 1.165) is 37.3 Å².